The lowest BCUT2D eigenvalue weighted by molar-refractivity contribution is 0.0938. The molecule has 0 bridgehead atoms. The van der Waals surface area contributed by atoms with Gasteiger partial charge in [-0.2, -0.15) is 0 Å². The van der Waals surface area contributed by atoms with E-state index in [0.29, 0.717) is 12.1 Å². The van der Waals surface area contributed by atoms with Crippen molar-refractivity contribution in [3.8, 4) is 11.8 Å². The first-order chi connectivity index (χ1) is 10.2. The van der Waals surface area contributed by atoms with Crippen LogP contribution in [0.15, 0.2) is 24.3 Å². The predicted octanol–water partition coefficient (Wildman–Crippen LogP) is 1.58. The fourth-order valence-electron chi connectivity index (χ4n) is 2.26. The Balaban J connectivity index is 1.91. The van der Waals surface area contributed by atoms with E-state index in [9.17, 15) is 4.79 Å². The van der Waals surface area contributed by atoms with Gasteiger partial charge in [0.2, 0.25) is 0 Å². The molecule has 0 heterocycles. The Morgan fingerprint density at radius 3 is 2.95 bits per heavy atom. The minimum absolute atomic E-state index is 0.0775. The molecule has 2 rings (SSSR count). The highest BCUT2D eigenvalue weighted by molar-refractivity contribution is 5.94. The molecule has 4 nitrogen and oxygen atoms in total. The van der Waals surface area contributed by atoms with Crippen molar-refractivity contribution in [3.05, 3.63) is 35.4 Å². The second-order valence-electron chi connectivity index (χ2n) is 5.47. The second-order valence-corrected chi connectivity index (χ2v) is 5.47. The summed E-state index contributed by atoms with van der Waals surface area (Å²) in [5, 5.41) is 11.7. The molecule has 0 radical (unpaired) electrons. The van der Waals surface area contributed by atoms with Gasteiger partial charge in [-0.3, -0.25) is 4.79 Å². The van der Waals surface area contributed by atoms with E-state index in [1.54, 1.807) is 25.3 Å². The summed E-state index contributed by atoms with van der Waals surface area (Å²) in [5.74, 6) is 5.31. The highest BCUT2D eigenvalue weighted by Gasteiger charge is 2.42. The number of nitrogens with one attached hydrogen (secondary N) is 1. The molecule has 0 spiro atoms. The number of carbonyl (C=O) groups is 1. The molecule has 1 fully saturated rings. The van der Waals surface area contributed by atoms with E-state index in [2.05, 4.69) is 17.2 Å². The van der Waals surface area contributed by atoms with Gasteiger partial charge >= 0.3 is 0 Å². The SMILES string of the molecule is COCCC1(CNC(=O)c2cccc(C#CCO)c2)CC1. The third kappa shape index (κ3) is 4.59. The molecule has 1 aromatic rings. The molecule has 1 amide bonds. The Kier molecular flexibility index (Phi) is 5.38. The number of carbonyl (C=O) groups excluding carboxylic acids is 1. The fourth-order valence-corrected chi connectivity index (χ4v) is 2.26. The molecule has 21 heavy (non-hydrogen) atoms. The lowest BCUT2D eigenvalue weighted by Crippen LogP contribution is -2.30. The van der Waals surface area contributed by atoms with Crippen molar-refractivity contribution >= 4 is 5.91 Å². The van der Waals surface area contributed by atoms with Gasteiger partial charge in [0, 0.05) is 31.4 Å². The maximum Gasteiger partial charge on any atom is 0.251 e. The molecule has 112 valence electrons. The van der Waals surface area contributed by atoms with Crippen molar-refractivity contribution in [2.45, 2.75) is 19.3 Å². The summed E-state index contributed by atoms with van der Waals surface area (Å²) < 4.78 is 5.11. The Labute approximate surface area is 125 Å². The molecule has 2 N–H and O–H groups in total. The number of rotatable bonds is 6. The lowest BCUT2D eigenvalue weighted by Gasteiger charge is -2.15. The molecule has 1 aromatic carbocycles. The van der Waals surface area contributed by atoms with Crippen LogP contribution in [0, 0.1) is 17.3 Å². The van der Waals surface area contributed by atoms with Crippen LogP contribution in [0.1, 0.15) is 35.2 Å². The molecule has 1 aliphatic carbocycles. The van der Waals surface area contributed by atoms with Crippen LogP contribution in [0.4, 0.5) is 0 Å². The van der Waals surface area contributed by atoms with Crippen molar-refractivity contribution in [2.75, 3.05) is 26.9 Å². The number of benzene rings is 1. The summed E-state index contributed by atoms with van der Waals surface area (Å²) in [6.45, 7) is 1.25. The zero-order chi connectivity index (χ0) is 15.1. The molecule has 0 aromatic heterocycles. The minimum atomic E-state index is -0.182. The topological polar surface area (TPSA) is 58.6 Å². The van der Waals surface area contributed by atoms with Gasteiger partial charge in [-0.25, -0.2) is 0 Å². The van der Waals surface area contributed by atoms with Crippen molar-refractivity contribution in [3.63, 3.8) is 0 Å². The lowest BCUT2D eigenvalue weighted by atomic mass is 10.0. The first-order valence-corrected chi connectivity index (χ1v) is 7.16. The Hall–Kier alpha value is -1.83. The quantitative estimate of drug-likeness (QED) is 0.781. The van der Waals surface area contributed by atoms with E-state index in [1.165, 1.54) is 0 Å². The van der Waals surface area contributed by atoms with Crippen LogP contribution in [-0.4, -0.2) is 37.9 Å². The molecule has 4 heteroatoms. The third-order valence-electron chi connectivity index (χ3n) is 3.85. The normalized spacial score (nSPS) is 15.0. The molecule has 0 aliphatic heterocycles. The summed E-state index contributed by atoms with van der Waals surface area (Å²) >= 11 is 0. The smallest absolute Gasteiger partial charge is 0.251 e. The maximum absolute atomic E-state index is 12.2. The average molecular weight is 287 g/mol. The summed E-state index contributed by atoms with van der Waals surface area (Å²) in [4.78, 5) is 12.2. The van der Waals surface area contributed by atoms with Gasteiger partial charge in [0.25, 0.3) is 5.91 Å². The van der Waals surface area contributed by atoms with Crippen LogP contribution < -0.4 is 5.32 Å². The van der Waals surface area contributed by atoms with Crippen LogP contribution >= 0.6 is 0 Å². The predicted molar refractivity (Wildman–Crippen MR) is 80.9 cm³/mol. The maximum atomic E-state index is 12.2. The summed E-state index contributed by atoms with van der Waals surface area (Å²) in [5.41, 5.74) is 1.57. The van der Waals surface area contributed by atoms with Crippen molar-refractivity contribution in [1.29, 1.82) is 0 Å². The van der Waals surface area contributed by atoms with Gasteiger partial charge in [0.05, 0.1) is 0 Å². The first kappa shape index (κ1) is 15.6. The molecule has 0 saturated heterocycles. The largest absolute Gasteiger partial charge is 0.385 e. The van der Waals surface area contributed by atoms with E-state index in [1.807, 2.05) is 6.07 Å². The average Bonchev–Trinajstić information content (AvgIpc) is 3.29. The summed E-state index contributed by atoms with van der Waals surface area (Å²) in [7, 11) is 1.70. The van der Waals surface area contributed by atoms with Gasteiger partial charge in [-0.15, -0.1) is 0 Å². The Morgan fingerprint density at radius 2 is 2.29 bits per heavy atom. The van der Waals surface area contributed by atoms with Gasteiger partial charge in [-0.1, -0.05) is 17.9 Å². The van der Waals surface area contributed by atoms with Crippen LogP contribution in [0.2, 0.25) is 0 Å². The number of methoxy groups -OCH3 is 1. The van der Waals surface area contributed by atoms with Crippen molar-refractivity contribution in [2.24, 2.45) is 5.41 Å². The van der Waals surface area contributed by atoms with Gasteiger partial charge in [0.15, 0.2) is 0 Å². The van der Waals surface area contributed by atoms with Crippen molar-refractivity contribution in [1.82, 2.24) is 5.32 Å². The number of aliphatic hydroxyl groups excluding tert-OH is 1. The van der Waals surface area contributed by atoms with E-state index in [4.69, 9.17) is 9.84 Å². The van der Waals surface area contributed by atoms with Crippen LogP contribution in [0.25, 0.3) is 0 Å². The molecule has 0 unspecified atom stereocenters. The molecular formula is C17H21NO3. The highest BCUT2D eigenvalue weighted by Crippen LogP contribution is 2.48. The Bertz CT molecular complexity index is 553. The molecule has 1 aliphatic rings. The van der Waals surface area contributed by atoms with Crippen molar-refractivity contribution < 1.29 is 14.6 Å². The van der Waals surface area contributed by atoms with Gasteiger partial charge in [0.1, 0.15) is 6.61 Å². The number of ether oxygens (including phenoxy) is 1. The highest BCUT2D eigenvalue weighted by atomic mass is 16.5. The van der Waals surface area contributed by atoms with Crippen LogP contribution in [-0.2, 0) is 4.74 Å². The van der Waals surface area contributed by atoms with E-state index in [0.717, 1.165) is 31.4 Å². The van der Waals surface area contributed by atoms with E-state index < -0.39 is 0 Å². The zero-order valence-electron chi connectivity index (χ0n) is 12.3. The van der Waals surface area contributed by atoms with Gasteiger partial charge in [-0.05, 0) is 42.9 Å². The number of aliphatic hydroxyl groups is 1. The monoisotopic (exact) mass is 287 g/mol. The number of amides is 1. The zero-order valence-corrected chi connectivity index (χ0v) is 12.3. The molecule has 1 saturated carbocycles. The van der Waals surface area contributed by atoms with Crippen LogP contribution in [0.3, 0.4) is 0 Å². The van der Waals surface area contributed by atoms with E-state index in [-0.39, 0.29) is 17.9 Å². The molecular weight excluding hydrogens is 266 g/mol. The molecule has 0 atom stereocenters. The minimum Gasteiger partial charge on any atom is -0.385 e. The van der Waals surface area contributed by atoms with Crippen LogP contribution in [0.5, 0.6) is 0 Å². The Morgan fingerprint density at radius 1 is 1.48 bits per heavy atom. The number of hydrogen-bond donors (Lipinski definition) is 2. The summed E-state index contributed by atoms with van der Waals surface area (Å²) in [6, 6.07) is 7.13. The summed E-state index contributed by atoms with van der Waals surface area (Å²) in [6.07, 6.45) is 3.29. The fraction of sp³-hybridized carbons (Fsp3) is 0.471. The van der Waals surface area contributed by atoms with Gasteiger partial charge < -0.3 is 15.2 Å². The third-order valence-corrected chi connectivity index (χ3v) is 3.85. The van der Waals surface area contributed by atoms with E-state index >= 15 is 0 Å². The second kappa shape index (κ2) is 7.26. The standard InChI is InChI=1S/C17H21NO3/c1-21-11-9-17(7-8-17)13-18-16(20)15-6-2-4-14(12-15)5-3-10-19/h2,4,6,12,19H,7-11,13H2,1H3,(H,18,20). The first-order valence-electron chi connectivity index (χ1n) is 7.16. The number of hydrogen-bond acceptors (Lipinski definition) is 3.